The molecule has 3 heterocycles. The van der Waals surface area contributed by atoms with E-state index in [1.54, 1.807) is 16.0 Å². The summed E-state index contributed by atoms with van der Waals surface area (Å²) in [6, 6.07) is -0.280. The second kappa shape index (κ2) is 6.08. The summed E-state index contributed by atoms with van der Waals surface area (Å²) < 4.78 is 5.56. The van der Waals surface area contributed by atoms with Gasteiger partial charge in [-0.3, -0.25) is 4.79 Å². The predicted molar refractivity (Wildman–Crippen MR) is 91.9 cm³/mol. The Labute approximate surface area is 145 Å². The van der Waals surface area contributed by atoms with Crippen molar-refractivity contribution in [2.24, 2.45) is 0 Å². The Kier molecular flexibility index (Phi) is 4.25. The molecule has 8 heteroatoms. The number of amides is 2. The number of rotatable bonds is 2. The second-order valence-corrected chi connectivity index (χ2v) is 7.87. The largest absolute Gasteiger partial charge is 0.443 e. The topological polar surface area (TPSA) is 74.8 Å². The van der Waals surface area contributed by atoms with Crippen LogP contribution >= 0.6 is 11.3 Å². The molecule has 3 rings (SSSR count). The van der Waals surface area contributed by atoms with Crippen molar-refractivity contribution in [1.29, 1.82) is 0 Å². The molecule has 1 unspecified atom stereocenters. The quantitative estimate of drug-likeness (QED) is 0.883. The van der Waals surface area contributed by atoms with E-state index in [0.717, 1.165) is 5.70 Å². The molecule has 1 aromatic heterocycles. The first kappa shape index (κ1) is 16.8. The summed E-state index contributed by atoms with van der Waals surface area (Å²) in [6.07, 6.45) is 1.84. The summed E-state index contributed by atoms with van der Waals surface area (Å²) in [6.45, 7) is 10.2. The van der Waals surface area contributed by atoms with Gasteiger partial charge in [0.2, 0.25) is 5.91 Å². The zero-order chi connectivity index (χ0) is 17.5. The van der Waals surface area contributed by atoms with Gasteiger partial charge in [0.05, 0.1) is 18.6 Å². The van der Waals surface area contributed by atoms with Crippen molar-refractivity contribution in [3.05, 3.63) is 23.9 Å². The third kappa shape index (κ3) is 3.24. The summed E-state index contributed by atoms with van der Waals surface area (Å²) in [5.74, 6) is 0.0261. The monoisotopic (exact) mass is 350 g/mol. The molecular formula is C16H22N4O3S. The third-order valence-electron chi connectivity index (χ3n) is 4.05. The van der Waals surface area contributed by atoms with Gasteiger partial charge in [0, 0.05) is 23.8 Å². The number of hydrogen-bond donors (Lipinski definition) is 1. The van der Waals surface area contributed by atoms with Crippen molar-refractivity contribution in [1.82, 2.24) is 15.2 Å². The summed E-state index contributed by atoms with van der Waals surface area (Å²) in [5, 5.41) is 5.44. The molecule has 2 amide bonds. The minimum absolute atomic E-state index is 0.0261. The van der Waals surface area contributed by atoms with Crippen LogP contribution in [0.4, 0.5) is 9.93 Å². The van der Waals surface area contributed by atoms with Crippen LogP contribution in [-0.2, 0) is 9.53 Å². The fraction of sp³-hybridized carbons (Fsp3) is 0.562. The number of thiazole rings is 1. The summed E-state index contributed by atoms with van der Waals surface area (Å²) in [4.78, 5) is 32.5. The number of anilines is 1. The molecule has 2 saturated heterocycles. The van der Waals surface area contributed by atoms with Crippen molar-refractivity contribution < 1.29 is 14.3 Å². The number of piperazine rings is 1. The fourth-order valence-corrected chi connectivity index (χ4v) is 3.75. The standard InChI is InChI=1S/C16H22N4O3S/c1-10-12-7-11(9-19(12)13(21)8-18-10)20(14-17-5-6-24-14)15(22)23-16(2,3)4/h5-6,11-12,18H,1,7-9H2,2-4H3/t11-,12?/m0/s1. The molecule has 2 aliphatic heterocycles. The first-order valence-electron chi connectivity index (χ1n) is 7.90. The third-order valence-corrected chi connectivity index (χ3v) is 4.82. The van der Waals surface area contributed by atoms with Crippen molar-refractivity contribution in [3.63, 3.8) is 0 Å². The van der Waals surface area contributed by atoms with Gasteiger partial charge in [0.1, 0.15) is 5.60 Å². The Morgan fingerprint density at radius 1 is 1.54 bits per heavy atom. The molecular weight excluding hydrogens is 328 g/mol. The second-order valence-electron chi connectivity index (χ2n) is 7.00. The van der Waals surface area contributed by atoms with Crippen molar-refractivity contribution >= 4 is 28.5 Å². The van der Waals surface area contributed by atoms with Crippen LogP contribution in [0.1, 0.15) is 27.2 Å². The van der Waals surface area contributed by atoms with E-state index in [1.807, 2.05) is 26.2 Å². The van der Waals surface area contributed by atoms with Crippen LogP contribution in [0.15, 0.2) is 23.9 Å². The molecule has 1 aromatic rings. The number of fused-ring (bicyclic) bond motifs is 1. The summed E-state index contributed by atoms with van der Waals surface area (Å²) in [7, 11) is 0. The lowest BCUT2D eigenvalue weighted by Gasteiger charge is -2.32. The molecule has 0 saturated carbocycles. The highest BCUT2D eigenvalue weighted by Crippen LogP contribution is 2.32. The van der Waals surface area contributed by atoms with E-state index in [9.17, 15) is 9.59 Å². The normalized spacial score (nSPS) is 23.7. The minimum atomic E-state index is -0.598. The van der Waals surface area contributed by atoms with Crippen LogP contribution in [0.5, 0.6) is 0 Å². The predicted octanol–water partition coefficient (Wildman–Crippen LogP) is 1.97. The Morgan fingerprint density at radius 3 is 2.88 bits per heavy atom. The highest BCUT2D eigenvalue weighted by atomic mass is 32.1. The smallest absolute Gasteiger partial charge is 0.416 e. The highest BCUT2D eigenvalue weighted by Gasteiger charge is 2.44. The van der Waals surface area contributed by atoms with E-state index in [4.69, 9.17) is 4.74 Å². The highest BCUT2D eigenvalue weighted by molar-refractivity contribution is 7.13. The average Bonchev–Trinajstić information content (AvgIpc) is 3.12. The lowest BCUT2D eigenvalue weighted by molar-refractivity contribution is -0.131. The number of carbonyl (C=O) groups excluding carboxylic acids is 2. The van der Waals surface area contributed by atoms with Crippen LogP contribution < -0.4 is 10.2 Å². The number of hydrogen-bond acceptors (Lipinski definition) is 6. The van der Waals surface area contributed by atoms with E-state index >= 15 is 0 Å². The van der Waals surface area contributed by atoms with Gasteiger partial charge in [0.15, 0.2) is 5.13 Å². The number of nitrogens with zero attached hydrogens (tertiary/aromatic N) is 3. The number of aromatic nitrogens is 1. The minimum Gasteiger partial charge on any atom is -0.443 e. The fourth-order valence-electron chi connectivity index (χ4n) is 3.04. The zero-order valence-electron chi connectivity index (χ0n) is 14.1. The molecule has 0 radical (unpaired) electrons. The average molecular weight is 350 g/mol. The van der Waals surface area contributed by atoms with E-state index < -0.39 is 11.7 Å². The van der Waals surface area contributed by atoms with Gasteiger partial charge in [0.25, 0.3) is 0 Å². The Hall–Kier alpha value is -2.09. The molecule has 1 N–H and O–H groups in total. The maximum absolute atomic E-state index is 12.7. The Bertz CT molecular complexity index is 629. The van der Waals surface area contributed by atoms with E-state index in [2.05, 4.69) is 16.9 Å². The Morgan fingerprint density at radius 2 is 2.29 bits per heavy atom. The van der Waals surface area contributed by atoms with Gasteiger partial charge in [-0.2, -0.15) is 0 Å². The van der Waals surface area contributed by atoms with Gasteiger partial charge in [-0.25, -0.2) is 14.7 Å². The molecule has 0 aliphatic carbocycles. The van der Waals surface area contributed by atoms with Gasteiger partial charge >= 0.3 is 6.09 Å². The number of ether oxygens (including phenoxy) is 1. The van der Waals surface area contributed by atoms with Crippen LogP contribution in [-0.4, -0.2) is 52.7 Å². The lowest BCUT2D eigenvalue weighted by Crippen LogP contribution is -2.50. The van der Waals surface area contributed by atoms with Crippen LogP contribution in [0.3, 0.4) is 0 Å². The van der Waals surface area contributed by atoms with E-state index in [0.29, 0.717) is 18.1 Å². The van der Waals surface area contributed by atoms with Gasteiger partial charge in [-0.05, 0) is 27.2 Å². The molecule has 2 fully saturated rings. The molecule has 7 nitrogen and oxygen atoms in total. The van der Waals surface area contributed by atoms with Crippen LogP contribution in [0, 0.1) is 0 Å². The van der Waals surface area contributed by atoms with Crippen LogP contribution in [0.25, 0.3) is 0 Å². The van der Waals surface area contributed by atoms with E-state index in [-0.39, 0.29) is 24.5 Å². The molecule has 24 heavy (non-hydrogen) atoms. The first-order valence-corrected chi connectivity index (χ1v) is 8.78. The maximum atomic E-state index is 12.7. The van der Waals surface area contributed by atoms with Gasteiger partial charge < -0.3 is 15.0 Å². The maximum Gasteiger partial charge on any atom is 0.416 e. The SMILES string of the molecule is C=C1NCC(=O)N2C[C@@H](N(C(=O)OC(C)(C)C)c3nccs3)CC12. The van der Waals surface area contributed by atoms with Gasteiger partial charge in [-0.15, -0.1) is 11.3 Å². The first-order chi connectivity index (χ1) is 11.3. The summed E-state index contributed by atoms with van der Waals surface area (Å²) in [5.41, 5.74) is 0.222. The molecule has 0 aromatic carbocycles. The van der Waals surface area contributed by atoms with Gasteiger partial charge in [-0.1, -0.05) is 6.58 Å². The lowest BCUT2D eigenvalue weighted by atomic mass is 10.1. The summed E-state index contributed by atoms with van der Waals surface area (Å²) >= 11 is 1.38. The Balaban J connectivity index is 1.86. The number of nitrogens with one attached hydrogen (secondary N) is 1. The number of carbonyl (C=O) groups is 2. The molecule has 2 aliphatic rings. The molecule has 130 valence electrons. The van der Waals surface area contributed by atoms with Crippen molar-refractivity contribution in [3.8, 4) is 0 Å². The molecule has 0 spiro atoms. The molecule has 0 bridgehead atoms. The van der Waals surface area contributed by atoms with Crippen molar-refractivity contribution in [2.75, 3.05) is 18.0 Å². The van der Waals surface area contributed by atoms with Crippen molar-refractivity contribution in [2.45, 2.75) is 44.9 Å². The van der Waals surface area contributed by atoms with E-state index in [1.165, 1.54) is 11.3 Å². The zero-order valence-corrected chi connectivity index (χ0v) is 14.9. The van der Waals surface area contributed by atoms with Crippen LogP contribution in [0.2, 0.25) is 0 Å². The molecule has 2 atom stereocenters.